The van der Waals surface area contributed by atoms with Gasteiger partial charge in [0.1, 0.15) is 0 Å². The number of piperazine rings is 1. The van der Waals surface area contributed by atoms with Crippen molar-refractivity contribution in [2.45, 2.75) is 43.7 Å². The molecular weight excluding hydrogens is 400 g/mol. The van der Waals surface area contributed by atoms with Crippen LogP contribution in [0.2, 0.25) is 0 Å². The van der Waals surface area contributed by atoms with E-state index in [1.54, 1.807) is 32.9 Å². The van der Waals surface area contributed by atoms with E-state index in [0.29, 0.717) is 11.6 Å². The Hall–Kier alpha value is -1.19. The van der Waals surface area contributed by atoms with Crippen LogP contribution in [-0.4, -0.2) is 75.0 Å². The van der Waals surface area contributed by atoms with Crippen molar-refractivity contribution in [3.05, 3.63) is 29.8 Å². The van der Waals surface area contributed by atoms with Gasteiger partial charge in [0.2, 0.25) is 10.0 Å². The summed E-state index contributed by atoms with van der Waals surface area (Å²) in [4.78, 5) is 17.3. The normalized spacial score (nSPS) is 21.4. The molecule has 7 nitrogen and oxygen atoms in total. The van der Waals surface area contributed by atoms with Gasteiger partial charge in [-0.1, -0.05) is 0 Å². The van der Waals surface area contributed by atoms with Crippen molar-refractivity contribution in [3.8, 4) is 0 Å². The predicted octanol–water partition coefficient (Wildman–Crippen LogP) is 1.30. The van der Waals surface area contributed by atoms with Crippen molar-refractivity contribution >= 4 is 28.3 Å². The van der Waals surface area contributed by atoms with Crippen molar-refractivity contribution in [2.24, 2.45) is 0 Å². The van der Waals surface area contributed by atoms with Crippen LogP contribution in [0.15, 0.2) is 29.2 Å². The van der Waals surface area contributed by atoms with Gasteiger partial charge < -0.3 is 10.2 Å². The topological polar surface area (TPSA) is 81.8 Å². The molecule has 2 saturated heterocycles. The quantitative estimate of drug-likeness (QED) is 0.752. The molecule has 1 aromatic rings. The number of likely N-dealkylation sites (tertiary alicyclic amines) is 1. The largest absolute Gasteiger partial charge is 0.337 e. The highest BCUT2D eigenvalue weighted by Crippen LogP contribution is 2.20. The molecule has 2 N–H and O–H groups in total. The van der Waals surface area contributed by atoms with Crippen molar-refractivity contribution in [3.63, 3.8) is 0 Å². The molecule has 1 atom stereocenters. The molecule has 0 radical (unpaired) electrons. The third kappa shape index (κ3) is 5.67. The predicted molar refractivity (Wildman–Crippen MR) is 113 cm³/mol. The molecule has 1 unspecified atom stereocenters. The summed E-state index contributed by atoms with van der Waals surface area (Å²) in [6.07, 6.45) is 0.994. The van der Waals surface area contributed by atoms with Crippen LogP contribution in [0.5, 0.6) is 0 Å². The van der Waals surface area contributed by atoms with E-state index in [4.69, 9.17) is 0 Å². The number of carbonyl (C=O) groups excluding carboxylic acids is 1. The molecule has 3 rings (SSSR count). The second-order valence-corrected chi connectivity index (χ2v) is 10.0. The summed E-state index contributed by atoms with van der Waals surface area (Å²) in [6.45, 7) is 10.9. The van der Waals surface area contributed by atoms with Gasteiger partial charge in [0.05, 0.1) is 4.90 Å². The van der Waals surface area contributed by atoms with E-state index >= 15 is 0 Å². The smallest absolute Gasteiger partial charge is 0.253 e. The fourth-order valence-corrected chi connectivity index (χ4v) is 5.11. The molecule has 9 heteroatoms. The van der Waals surface area contributed by atoms with Crippen LogP contribution in [0.1, 0.15) is 37.6 Å². The van der Waals surface area contributed by atoms with Gasteiger partial charge in [-0.05, 0) is 51.5 Å². The number of rotatable bonds is 4. The fourth-order valence-electron chi connectivity index (χ4n) is 3.69. The molecule has 2 fully saturated rings. The van der Waals surface area contributed by atoms with E-state index in [1.807, 2.05) is 4.90 Å². The molecule has 1 aromatic carbocycles. The lowest BCUT2D eigenvalue weighted by Gasteiger charge is -2.32. The molecule has 158 valence electrons. The number of hydrogen-bond donors (Lipinski definition) is 2. The Kier molecular flexibility index (Phi) is 7.50. The molecule has 0 bridgehead atoms. The van der Waals surface area contributed by atoms with Gasteiger partial charge in [0.15, 0.2) is 0 Å². The van der Waals surface area contributed by atoms with Crippen LogP contribution in [0.4, 0.5) is 0 Å². The molecule has 0 spiro atoms. The molecular formula is C19H31ClN4O3S. The molecule has 0 aromatic heterocycles. The van der Waals surface area contributed by atoms with E-state index in [1.165, 1.54) is 12.1 Å². The highest BCUT2D eigenvalue weighted by molar-refractivity contribution is 7.89. The van der Waals surface area contributed by atoms with Crippen LogP contribution >= 0.6 is 12.4 Å². The summed E-state index contributed by atoms with van der Waals surface area (Å²) in [6, 6.07) is 6.65. The number of sulfonamides is 1. The SMILES string of the molecule is CC(C)(C)NS(=O)(=O)c1ccc(C(=O)N2CCC(N3CCNCC3)C2)cc1.Cl. The van der Waals surface area contributed by atoms with Gasteiger partial charge >= 0.3 is 0 Å². The van der Waals surface area contributed by atoms with Crippen LogP contribution < -0.4 is 10.0 Å². The molecule has 28 heavy (non-hydrogen) atoms. The van der Waals surface area contributed by atoms with Gasteiger partial charge in [-0.3, -0.25) is 9.69 Å². The Morgan fingerprint density at radius 2 is 1.71 bits per heavy atom. The summed E-state index contributed by atoms with van der Waals surface area (Å²) in [7, 11) is -3.59. The van der Waals surface area contributed by atoms with Gasteiger partial charge in [0, 0.05) is 56.4 Å². The number of nitrogens with zero attached hydrogens (tertiary/aromatic N) is 2. The molecule has 0 aliphatic carbocycles. The second kappa shape index (κ2) is 9.09. The lowest BCUT2D eigenvalue weighted by Crippen LogP contribution is -2.49. The molecule has 2 aliphatic rings. The monoisotopic (exact) mass is 430 g/mol. The Morgan fingerprint density at radius 1 is 1.11 bits per heavy atom. The summed E-state index contributed by atoms with van der Waals surface area (Å²) in [5, 5.41) is 3.35. The van der Waals surface area contributed by atoms with E-state index in [-0.39, 0.29) is 23.2 Å². The van der Waals surface area contributed by atoms with E-state index in [0.717, 1.165) is 45.7 Å². The first-order valence-corrected chi connectivity index (χ1v) is 11.0. The van der Waals surface area contributed by atoms with Crippen molar-refractivity contribution in [1.29, 1.82) is 0 Å². The van der Waals surface area contributed by atoms with Gasteiger partial charge in [-0.2, -0.15) is 0 Å². The van der Waals surface area contributed by atoms with Gasteiger partial charge in [-0.15, -0.1) is 12.4 Å². The zero-order valence-electron chi connectivity index (χ0n) is 16.8. The number of hydrogen-bond acceptors (Lipinski definition) is 5. The summed E-state index contributed by atoms with van der Waals surface area (Å²) in [5.41, 5.74) is -0.0207. The summed E-state index contributed by atoms with van der Waals surface area (Å²) in [5.74, 6) is -0.0274. The van der Waals surface area contributed by atoms with Crippen LogP contribution in [0, 0.1) is 0 Å². The van der Waals surface area contributed by atoms with Crippen molar-refractivity contribution in [2.75, 3.05) is 39.3 Å². The molecule has 1 amide bonds. The minimum Gasteiger partial charge on any atom is -0.337 e. The van der Waals surface area contributed by atoms with E-state index < -0.39 is 15.6 Å². The minimum absolute atomic E-state index is 0. The number of amides is 1. The van der Waals surface area contributed by atoms with Gasteiger partial charge in [0.25, 0.3) is 5.91 Å². The Balaban J connectivity index is 0.00000280. The van der Waals surface area contributed by atoms with Gasteiger partial charge in [-0.25, -0.2) is 13.1 Å². The molecule has 0 saturated carbocycles. The maximum Gasteiger partial charge on any atom is 0.253 e. The number of nitrogens with one attached hydrogen (secondary N) is 2. The molecule has 2 aliphatic heterocycles. The fraction of sp³-hybridized carbons (Fsp3) is 0.632. The standard InChI is InChI=1S/C19H30N4O3S.ClH/c1-19(2,3)21-27(25,26)17-6-4-15(5-7-17)18(24)23-11-8-16(14-23)22-12-9-20-10-13-22;/h4-7,16,20-21H,8-14H2,1-3H3;1H. The summed E-state index contributed by atoms with van der Waals surface area (Å²) < 4.78 is 27.4. The van der Waals surface area contributed by atoms with E-state index in [9.17, 15) is 13.2 Å². The first kappa shape index (κ1) is 23.1. The third-order valence-corrected chi connectivity index (χ3v) is 6.74. The van der Waals surface area contributed by atoms with Crippen LogP contribution in [0.3, 0.4) is 0 Å². The van der Waals surface area contributed by atoms with Crippen molar-refractivity contribution in [1.82, 2.24) is 19.8 Å². The first-order chi connectivity index (χ1) is 12.7. The van der Waals surface area contributed by atoms with Crippen LogP contribution in [-0.2, 0) is 10.0 Å². The molecule has 2 heterocycles. The Labute approximate surface area is 174 Å². The maximum absolute atomic E-state index is 12.8. The minimum atomic E-state index is -3.59. The average molecular weight is 431 g/mol. The van der Waals surface area contributed by atoms with Crippen LogP contribution in [0.25, 0.3) is 0 Å². The summed E-state index contributed by atoms with van der Waals surface area (Å²) >= 11 is 0. The highest BCUT2D eigenvalue weighted by atomic mass is 35.5. The Bertz CT molecular complexity index is 771. The lowest BCUT2D eigenvalue weighted by molar-refractivity contribution is 0.0773. The lowest BCUT2D eigenvalue weighted by atomic mass is 10.1. The van der Waals surface area contributed by atoms with E-state index in [2.05, 4.69) is 14.9 Å². The number of carbonyl (C=O) groups is 1. The second-order valence-electron chi connectivity index (χ2n) is 8.36. The number of benzene rings is 1. The Morgan fingerprint density at radius 3 is 2.29 bits per heavy atom. The zero-order valence-corrected chi connectivity index (χ0v) is 18.4. The average Bonchev–Trinajstić information content (AvgIpc) is 3.10. The highest BCUT2D eigenvalue weighted by Gasteiger charge is 2.31. The number of halogens is 1. The maximum atomic E-state index is 12.8. The zero-order chi connectivity index (χ0) is 19.7. The third-order valence-electron chi connectivity index (χ3n) is 4.97. The van der Waals surface area contributed by atoms with Crippen molar-refractivity contribution < 1.29 is 13.2 Å². The first-order valence-electron chi connectivity index (χ1n) is 9.54.